The second kappa shape index (κ2) is 11.3. The summed E-state index contributed by atoms with van der Waals surface area (Å²) >= 11 is 0. The Hall–Kier alpha value is -3.22. The Kier molecular flexibility index (Phi) is 8.96. The van der Waals surface area contributed by atoms with Gasteiger partial charge in [-0.2, -0.15) is 5.10 Å². The number of amides is 1. The Balaban J connectivity index is 1.95. The van der Waals surface area contributed by atoms with Gasteiger partial charge >= 0.3 is 0 Å². The fraction of sp³-hybridized carbons (Fsp3) is 0.481. The Morgan fingerprint density at radius 3 is 2.32 bits per heavy atom. The highest BCUT2D eigenvalue weighted by molar-refractivity contribution is 5.86. The van der Waals surface area contributed by atoms with Crippen molar-refractivity contribution < 1.29 is 24.9 Å². The number of hydrogen-bond acceptors (Lipinski definition) is 6. The van der Waals surface area contributed by atoms with Crippen LogP contribution in [-0.4, -0.2) is 34.0 Å². The molecule has 4 N–H and O–H groups in total. The SMILES string of the molecule is CCC(C)(C)c1ccc(OCCCC(=O)NN=Cc2ccc(O)c(O)c2O)c(C(C)(C)CC)c1. The van der Waals surface area contributed by atoms with Crippen molar-refractivity contribution in [1.82, 2.24) is 5.43 Å². The minimum absolute atomic E-state index is 0.0323. The predicted octanol–water partition coefficient (Wildman–Crippen LogP) is 5.49. The van der Waals surface area contributed by atoms with Crippen molar-refractivity contribution in [3.63, 3.8) is 0 Å². The molecule has 0 radical (unpaired) electrons. The summed E-state index contributed by atoms with van der Waals surface area (Å²) in [6, 6.07) is 9.03. The number of aromatic hydroxyl groups is 3. The zero-order chi connectivity index (χ0) is 25.5. The van der Waals surface area contributed by atoms with Gasteiger partial charge in [0.2, 0.25) is 11.7 Å². The lowest BCUT2D eigenvalue weighted by molar-refractivity contribution is -0.121. The number of hydrogen-bond donors (Lipinski definition) is 4. The Morgan fingerprint density at radius 1 is 1.00 bits per heavy atom. The number of hydrazone groups is 1. The first-order valence-electron chi connectivity index (χ1n) is 11.8. The third-order valence-corrected chi connectivity index (χ3v) is 6.62. The van der Waals surface area contributed by atoms with Crippen LogP contribution >= 0.6 is 0 Å². The highest BCUT2D eigenvalue weighted by atomic mass is 16.5. The highest BCUT2D eigenvalue weighted by Gasteiger charge is 2.26. The smallest absolute Gasteiger partial charge is 0.240 e. The van der Waals surface area contributed by atoms with Gasteiger partial charge in [0.1, 0.15) is 5.75 Å². The molecule has 0 aliphatic carbocycles. The molecule has 7 heteroatoms. The second-order valence-corrected chi connectivity index (χ2v) is 9.80. The molecule has 0 fully saturated rings. The molecule has 0 saturated carbocycles. The predicted molar refractivity (Wildman–Crippen MR) is 135 cm³/mol. The molecule has 34 heavy (non-hydrogen) atoms. The molecule has 0 spiro atoms. The summed E-state index contributed by atoms with van der Waals surface area (Å²) in [6.07, 6.45) is 3.96. The molecular weight excluding hydrogens is 432 g/mol. The molecule has 2 aromatic rings. The molecule has 0 aliphatic rings. The first kappa shape index (κ1) is 27.0. The Labute approximate surface area is 202 Å². The first-order chi connectivity index (χ1) is 15.9. The van der Waals surface area contributed by atoms with Crippen molar-refractivity contribution in [3.8, 4) is 23.0 Å². The van der Waals surface area contributed by atoms with Crippen LogP contribution in [0.4, 0.5) is 0 Å². The van der Waals surface area contributed by atoms with E-state index in [1.54, 1.807) is 0 Å². The van der Waals surface area contributed by atoms with Gasteiger partial charge in [-0.25, -0.2) is 5.43 Å². The maximum Gasteiger partial charge on any atom is 0.240 e. The van der Waals surface area contributed by atoms with Crippen LogP contribution in [-0.2, 0) is 15.6 Å². The maximum atomic E-state index is 12.1. The van der Waals surface area contributed by atoms with Crippen molar-refractivity contribution in [3.05, 3.63) is 47.0 Å². The van der Waals surface area contributed by atoms with Gasteiger partial charge < -0.3 is 20.1 Å². The van der Waals surface area contributed by atoms with Crippen LogP contribution in [0, 0.1) is 0 Å². The van der Waals surface area contributed by atoms with Crippen LogP contribution < -0.4 is 10.2 Å². The second-order valence-electron chi connectivity index (χ2n) is 9.80. The van der Waals surface area contributed by atoms with E-state index in [0.717, 1.165) is 18.6 Å². The summed E-state index contributed by atoms with van der Waals surface area (Å²) in [7, 11) is 0. The minimum atomic E-state index is -0.635. The number of carbonyl (C=O) groups is 1. The van der Waals surface area contributed by atoms with Gasteiger partial charge in [-0.15, -0.1) is 0 Å². The Bertz CT molecular complexity index is 1030. The van der Waals surface area contributed by atoms with Gasteiger partial charge in [-0.05, 0) is 53.9 Å². The molecular formula is C27H38N2O5. The number of rotatable bonds is 11. The molecule has 0 heterocycles. The largest absolute Gasteiger partial charge is 0.504 e. The summed E-state index contributed by atoms with van der Waals surface area (Å²) in [5, 5.41) is 32.4. The fourth-order valence-corrected chi connectivity index (χ4v) is 3.33. The van der Waals surface area contributed by atoms with Crippen LogP contribution in [0.5, 0.6) is 23.0 Å². The number of phenols is 3. The van der Waals surface area contributed by atoms with E-state index in [2.05, 4.69) is 64.2 Å². The van der Waals surface area contributed by atoms with E-state index < -0.39 is 17.2 Å². The molecule has 0 saturated heterocycles. The normalized spacial score (nSPS) is 12.2. The number of ether oxygens (including phenoxy) is 1. The molecule has 0 atom stereocenters. The van der Waals surface area contributed by atoms with Crippen molar-refractivity contribution in [2.75, 3.05) is 6.61 Å². The number of nitrogens with one attached hydrogen (secondary N) is 1. The van der Waals surface area contributed by atoms with Gasteiger partial charge in [0.25, 0.3) is 0 Å². The lowest BCUT2D eigenvalue weighted by Crippen LogP contribution is -2.21. The lowest BCUT2D eigenvalue weighted by atomic mass is 9.76. The lowest BCUT2D eigenvalue weighted by Gasteiger charge is -2.30. The van der Waals surface area contributed by atoms with Crippen LogP contribution in [0.15, 0.2) is 35.4 Å². The molecule has 2 rings (SSSR count). The average Bonchev–Trinajstić information content (AvgIpc) is 2.81. The fourth-order valence-electron chi connectivity index (χ4n) is 3.33. The van der Waals surface area contributed by atoms with E-state index in [0.29, 0.717) is 13.0 Å². The van der Waals surface area contributed by atoms with E-state index in [-0.39, 0.29) is 28.7 Å². The third-order valence-electron chi connectivity index (χ3n) is 6.62. The van der Waals surface area contributed by atoms with Crippen molar-refractivity contribution >= 4 is 12.1 Å². The zero-order valence-electron chi connectivity index (χ0n) is 21.1. The van der Waals surface area contributed by atoms with Crippen LogP contribution in [0.1, 0.15) is 83.9 Å². The summed E-state index contributed by atoms with van der Waals surface area (Å²) in [5.74, 6) is -1.03. The van der Waals surface area contributed by atoms with E-state index in [1.807, 2.05) is 6.07 Å². The van der Waals surface area contributed by atoms with Crippen molar-refractivity contribution in [2.45, 2.75) is 78.1 Å². The van der Waals surface area contributed by atoms with E-state index in [1.165, 1.54) is 29.5 Å². The summed E-state index contributed by atoms with van der Waals surface area (Å²) in [4.78, 5) is 12.1. The maximum absolute atomic E-state index is 12.1. The summed E-state index contributed by atoms with van der Waals surface area (Å²) in [5.41, 5.74) is 5.08. The van der Waals surface area contributed by atoms with Gasteiger partial charge in [0.05, 0.1) is 12.8 Å². The van der Waals surface area contributed by atoms with E-state index >= 15 is 0 Å². The van der Waals surface area contributed by atoms with Crippen LogP contribution in [0.3, 0.4) is 0 Å². The molecule has 0 bridgehead atoms. The van der Waals surface area contributed by atoms with Gasteiger partial charge in [0, 0.05) is 17.5 Å². The number of phenolic OH excluding ortho intramolecular Hbond substituents is 3. The first-order valence-corrected chi connectivity index (χ1v) is 11.8. The minimum Gasteiger partial charge on any atom is -0.504 e. The highest BCUT2D eigenvalue weighted by Crippen LogP contribution is 2.38. The third kappa shape index (κ3) is 6.65. The van der Waals surface area contributed by atoms with Gasteiger partial charge in [-0.1, -0.05) is 53.7 Å². The van der Waals surface area contributed by atoms with Crippen molar-refractivity contribution in [1.29, 1.82) is 0 Å². The number of benzene rings is 2. The molecule has 1 amide bonds. The standard InChI is InChI=1S/C27H38N2O5/c1-7-26(3,4)19-12-14-22(20(16-19)27(5,6)8-2)34-15-9-10-23(31)29-28-17-18-11-13-21(30)25(33)24(18)32/h11-14,16-17,30,32-33H,7-10,15H2,1-6H3,(H,29,31). The zero-order valence-corrected chi connectivity index (χ0v) is 21.1. The van der Waals surface area contributed by atoms with Gasteiger partial charge in [0.15, 0.2) is 11.5 Å². The quantitative estimate of drug-likeness (QED) is 0.150. The van der Waals surface area contributed by atoms with E-state index in [9.17, 15) is 20.1 Å². The van der Waals surface area contributed by atoms with Crippen LogP contribution in [0.25, 0.3) is 0 Å². The van der Waals surface area contributed by atoms with E-state index in [4.69, 9.17) is 4.74 Å². The van der Waals surface area contributed by atoms with Crippen molar-refractivity contribution in [2.24, 2.45) is 5.10 Å². The molecule has 0 aliphatic heterocycles. The average molecular weight is 471 g/mol. The monoisotopic (exact) mass is 470 g/mol. The summed E-state index contributed by atoms with van der Waals surface area (Å²) < 4.78 is 6.09. The molecule has 0 unspecified atom stereocenters. The van der Waals surface area contributed by atoms with Gasteiger partial charge in [-0.3, -0.25) is 4.79 Å². The molecule has 186 valence electrons. The molecule has 7 nitrogen and oxygen atoms in total. The Morgan fingerprint density at radius 2 is 1.68 bits per heavy atom. The van der Waals surface area contributed by atoms with Crippen LogP contribution in [0.2, 0.25) is 0 Å². The topological polar surface area (TPSA) is 111 Å². The number of nitrogens with zero attached hydrogens (tertiary/aromatic N) is 1. The molecule has 2 aromatic carbocycles. The summed E-state index contributed by atoms with van der Waals surface area (Å²) in [6.45, 7) is 13.7. The molecule has 0 aromatic heterocycles. The number of carbonyl (C=O) groups excluding carboxylic acids is 1.